The van der Waals surface area contributed by atoms with Gasteiger partial charge in [-0.1, -0.05) is 12.1 Å². The van der Waals surface area contributed by atoms with Crippen molar-refractivity contribution in [3.8, 4) is 5.75 Å². The molecular weight excluding hydrogens is 314 g/mol. The van der Waals surface area contributed by atoms with Crippen molar-refractivity contribution in [2.45, 2.75) is 55.1 Å². The van der Waals surface area contributed by atoms with Crippen LogP contribution in [0.3, 0.4) is 0 Å². The molecule has 4 rings (SSSR count). The lowest BCUT2D eigenvalue weighted by Crippen LogP contribution is -2.45. The minimum atomic E-state index is -2.93. The van der Waals surface area contributed by atoms with Crippen molar-refractivity contribution in [3.05, 3.63) is 29.3 Å². The number of hydrogen-bond acceptors (Lipinski definition) is 4. The van der Waals surface area contributed by atoms with Crippen LogP contribution >= 0.6 is 0 Å². The van der Waals surface area contributed by atoms with Crippen LogP contribution in [0.15, 0.2) is 18.2 Å². The van der Waals surface area contributed by atoms with Crippen molar-refractivity contribution in [1.82, 2.24) is 5.32 Å². The number of hydrogen-bond donors (Lipinski definition) is 1. The van der Waals surface area contributed by atoms with Crippen LogP contribution in [0.1, 0.15) is 36.8 Å². The van der Waals surface area contributed by atoms with E-state index in [-0.39, 0.29) is 22.4 Å². The number of sulfone groups is 1. The first-order valence-electron chi connectivity index (χ1n) is 8.29. The molecule has 3 aliphatic heterocycles. The topological polar surface area (TPSA) is 72.5 Å². The number of amides is 1. The van der Waals surface area contributed by atoms with Gasteiger partial charge in [-0.3, -0.25) is 4.79 Å². The highest BCUT2D eigenvalue weighted by Crippen LogP contribution is 2.38. The molecule has 2 bridgehead atoms. The number of carbonyl (C=O) groups is 1. The smallest absolute Gasteiger partial charge is 0.224 e. The Kier molecular flexibility index (Phi) is 3.59. The van der Waals surface area contributed by atoms with E-state index in [0.717, 1.165) is 36.1 Å². The van der Waals surface area contributed by atoms with Gasteiger partial charge in [0.15, 0.2) is 9.84 Å². The van der Waals surface area contributed by atoms with Crippen LogP contribution in [-0.2, 0) is 27.5 Å². The van der Waals surface area contributed by atoms with Gasteiger partial charge in [-0.25, -0.2) is 8.42 Å². The highest BCUT2D eigenvalue weighted by atomic mass is 32.2. The van der Waals surface area contributed by atoms with Crippen LogP contribution < -0.4 is 10.1 Å². The van der Waals surface area contributed by atoms with Crippen molar-refractivity contribution in [1.29, 1.82) is 0 Å². The molecule has 1 aromatic rings. The monoisotopic (exact) mass is 335 g/mol. The quantitative estimate of drug-likeness (QED) is 0.906. The third kappa shape index (κ3) is 2.73. The summed E-state index contributed by atoms with van der Waals surface area (Å²) in [5, 5.41) is 2.55. The Morgan fingerprint density at radius 2 is 1.96 bits per heavy atom. The van der Waals surface area contributed by atoms with E-state index in [1.54, 1.807) is 0 Å². The van der Waals surface area contributed by atoms with E-state index >= 15 is 0 Å². The number of fused-ring (bicyclic) bond motifs is 3. The largest absolute Gasteiger partial charge is 0.493 e. The zero-order chi connectivity index (χ0) is 16.0. The second-order valence-corrected chi connectivity index (χ2v) is 9.37. The summed E-state index contributed by atoms with van der Waals surface area (Å²) >= 11 is 0. The average molecular weight is 335 g/mol. The van der Waals surface area contributed by atoms with E-state index < -0.39 is 9.84 Å². The van der Waals surface area contributed by atoms with Gasteiger partial charge in [-0.15, -0.1) is 0 Å². The average Bonchev–Trinajstić information content (AvgIpc) is 2.97. The summed E-state index contributed by atoms with van der Waals surface area (Å²) < 4.78 is 29.6. The van der Waals surface area contributed by atoms with E-state index in [4.69, 9.17) is 4.74 Å². The summed E-state index contributed by atoms with van der Waals surface area (Å²) in [4.78, 5) is 12.3. The summed E-state index contributed by atoms with van der Waals surface area (Å²) in [7, 11) is -2.93. The van der Waals surface area contributed by atoms with E-state index in [2.05, 4.69) is 5.32 Å². The van der Waals surface area contributed by atoms with Crippen molar-refractivity contribution in [2.24, 2.45) is 0 Å². The molecular formula is C17H21NO4S. The van der Waals surface area contributed by atoms with E-state index in [9.17, 15) is 13.2 Å². The Hall–Kier alpha value is -1.56. The first kappa shape index (κ1) is 15.0. The molecule has 0 aliphatic carbocycles. The number of benzene rings is 1. The molecule has 0 spiro atoms. The second kappa shape index (κ2) is 5.51. The molecule has 3 aliphatic rings. The minimum Gasteiger partial charge on any atom is -0.493 e. The van der Waals surface area contributed by atoms with E-state index in [1.165, 1.54) is 0 Å². The normalized spacial score (nSPS) is 30.5. The van der Waals surface area contributed by atoms with Gasteiger partial charge in [0.1, 0.15) is 5.75 Å². The van der Waals surface area contributed by atoms with Crippen molar-refractivity contribution in [3.63, 3.8) is 0 Å². The van der Waals surface area contributed by atoms with Gasteiger partial charge in [-0.2, -0.15) is 0 Å². The molecule has 1 aromatic carbocycles. The fraction of sp³-hybridized carbons (Fsp3) is 0.588. The fourth-order valence-electron chi connectivity index (χ4n) is 4.14. The van der Waals surface area contributed by atoms with Crippen LogP contribution in [0, 0.1) is 0 Å². The molecule has 0 aromatic heterocycles. The molecule has 23 heavy (non-hydrogen) atoms. The predicted octanol–water partition coefficient (Wildman–Crippen LogP) is 1.39. The van der Waals surface area contributed by atoms with Crippen LogP contribution in [-0.4, -0.2) is 37.5 Å². The lowest BCUT2D eigenvalue weighted by molar-refractivity contribution is -0.121. The van der Waals surface area contributed by atoms with Crippen LogP contribution in [0.5, 0.6) is 5.75 Å². The van der Waals surface area contributed by atoms with Crippen LogP contribution in [0.25, 0.3) is 0 Å². The van der Waals surface area contributed by atoms with Gasteiger partial charge in [-0.05, 0) is 42.9 Å². The van der Waals surface area contributed by atoms with Gasteiger partial charge in [0.25, 0.3) is 0 Å². The SMILES string of the molecule is O=C(Cc1ccc2c(c1)CCO2)NC1CC2CCC(C1)S2(=O)=O. The molecule has 2 fully saturated rings. The van der Waals surface area contributed by atoms with Crippen molar-refractivity contribution < 1.29 is 17.9 Å². The second-order valence-electron chi connectivity index (χ2n) is 6.86. The first-order chi connectivity index (χ1) is 11.0. The zero-order valence-corrected chi connectivity index (χ0v) is 13.8. The molecule has 124 valence electrons. The molecule has 2 unspecified atom stereocenters. The summed E-state index contributed by atoms with van der Waals surface area (Å²) in [6, 6.07) is 5.90. The zero-order valence-electron chi connectivity index (χ0n) is 13.0. The molecule has 2 atom stereocenters. The standard InChI is InChI=1S/C17H21NO4S/c19-17(8-11-1-4-16-12(7-11)5-6-22-16)18-13-9-14-2-3-15(10-13)23(14,20)21/h1,4,7,13-15H,2-3,5-6,8-10H2,(H,18,19). The van der Waals surface area contributed by atoms with Gasteiger partial charge >= 0.3 is 0 Å². The maximum Gasteiger partial charge on any atom is 0.224 e. The maximum atomic E-state index is 12.3. The third-order valence-electron chi connectivity index (χ3n) is 5.32. The molecule has 1 amide bonds. The Balaban J connectivity index is 1.38. The minimum absolute atomic E-state index is 0.00119. The molecule has 5 nitrogen and oxygen atoms in total. The number of rotatable bonds is 3. The lowest BCUT2D eigenvalue weighted by Gasteiger charge is -2.28. The number of carbonyl (C=O) groups excluding carboxylic acids is 1. The van der Waals surface area contributed by atoms with Gasteiger partial charge in [0.2, 0.25) is 5.91 Å². The van der Waals surface area contributed by atoms with Crippen LogP contribution in [0.2, 0.25) is 0 Å². The third-order valence-corrected chi connectivity index (χ3v) is 8.03. The summed E-state index contributed by atoms with van der Waals surface area (Å²) in [6.45, 7) is 0.713. The first-order valence-corrected chi connectivity index (χ1v) is 9.90. The molecule has 1 N–H and O–H groups in total. The highest BCUT2D eigenvalue weighted by molar-refractivity contribution is 7.93. The Morgan fingerprint density at radius 1 is 1.22 bits per heavy atom. The Labute approximate surface area is 136 Å². The summed E-state index contributed by atoms with van der Waals surface area (Å²) in [5.74, 6) is 0.899. The molecule has 3 heterocycles. The molecule has 6 heteroatoms. The van der Waals surface area contributed by atoms with Gasteiger partial charge in [0, 0.05) is 12.5 Å². The Bertz CT molecular complexity index is 723. The number of ether oxygens (including phenoxy) is 1. The van der Waals surface area contributed by atoms with Crippen LogP contribution in [0.4, 0.5) is 0 Å². The molecule has 0 radical (unpaired) electrons. The van der Waals surface area contributed by atoms with Crippen molar-refractivity contribution >= 4 is 15.7 Å². The van der Waals surface area contributed by atoms with E-state index in [1.807, 2.05) is 18.2 Å². The van der Waals surface area contributed by atoms with Gasteiger partial charge in [0.05, 0.1) is 23.5 Å². The van der Waals surface area contributed by atoms with Crippen molar-refractivity contribution in [2.75, 3.05) is 6.61 Å². The maximum absolute atomic E-state index is 12.3. The summed E-state index contributed by atoms with van der Waals surface area (Å²) in [6.07, 6.45) is 3.89. The predicted molar refractivity (Wildman–Crippen MR) is 86.2 cm³/mol. The lowest BCUT2D eigenvalue weighted by atomic mass is 10.0. The molecule has 0 saturated carbocycles. The molecule has 2 saturated heterocycles. The number of nitrogens with one attached hydrogen (secondary N) is 1. The Morgan fingerprint density at radius 3 is 2.70 bits per heavy atom. The summed E-state index contributed by atoms with van der Waals surface area (Å²) in [5.41, 5.74) is 2.15. The highest BCUT2D eigenvalue weighted by Gasteiger charge is 2.47. The van der Waals surface area contributed by atoms with E-state index in [0.29, 0.717) is 25.9 Å². The fourth-order valence-corrected chi connectivity index (χ4v) is 6.61. The van der Waals surface area contributed by atoms with Gasteiger partial charge < -0.3 is 10.1 Å².